The summed E-state index contributed by atoms with van der Waals surface area (Å²) in [5.74, 6) is 1.03. The molecule has 0 bridgehead atoms. The van der Waals surface area contributed by atoms with Crippen molar-refractivity contribution in [1.29, 1.82) is 0 Å². The molecule has 0 saturated carbocycles. The number of aromatic nitrogens is 2. The third-order valence-corrected chi connectivity index (χ3v) is 3.77. The van der Waals surface area contributed by atoms with Crippen molar-refractivity contribution in [2.24, 2.45) is 0 Å². The number of rotatable bonds is 4. The Kier molecular flexibility index (Phi) is 4.16. The Balaban J connectivity index is 2.12. The van der Waals surface area contributed by atoms with Gasteiger partial charge in [0, 0.05) is 24.0 Å². The van der Waals surface area contributed by atoms with Crippen LogP contribution in [-0.2, 0) is 9.53 Å². The van der Waals surface area contributed by atoms with Crippen LogP contribution in [0.3, 0.4) is 0 Å². The van der Waals surface area contributed by atoms with Crippen LogP contribution in [0.1, 0.15) is 45.4 Å². The molecule has 0 amide bonds. The second-order valence-electron chi connectivity index (χ2n) is 4.69. The predicted octanol–water partition coefficient (Wildman–Crippen LogP) is 2.19. The van der Waals surface area contributed by atoms with Gasteiger partial charge in [-0.25, -0.2) is 9.78 Å². The maximum atomic E-state index is 11.9. The molecule has 0 spiro atoms. The molecule has 2 rings (SSSR count). The summed E-state index contributed by atoms with van der Waals surface area (Å²) in [7, 11) is 0. The average molecular weight is 269 g/mol. The third-order valence-electron chi connectivity index (χ3n) is 3.00. The molecule has 1 atom stereocenters. The van der Waals surface area contributed by atoms with Crippen molar-refractivity contribution in [2.75, 3.05) is 18.1 Å². The largest absolute Gasteiger partial charge is 0.464 e. The highest BCUT2D eigenvalue weighted by Gasteiger charge is 2.34. The van der Waals surface area contributed by atoms with Crippen molar-refractivity contribution >= 4 is 22.6 Å². The summed E-state index contributed by atoms with van der Waals surface area (Å²) in [6, 6.07) is -0.182. The Bertz CT molecular complexity index is 419. The molecule has 1 aromatic rings. The second kappa shape index (κ2) is 5.65. The van der Waals surface area contributed by atoms with Gasteiger partial charge in [0.05, 0.1) is 6.61 Å². The molecule has 18 heavy (non-hydrogen) atoms. The average Bonchev–Trinajstić information content (AvgIpc) is 2.98. The molecule has 0 N–H and O–H groups in total. The SMILES string of the molecule is CCOC(=O)C1CCCN1c1nc(C(C)C)ns1. The van der Waals surface area contributed by atoms with Crippen LogP contribution in [0.4, 0.5) is 5.13 Å². The van der Waals surface area contributed by atoms with E-state index in [9.17, 15) is 4.79 Å². The minimum Gasteiger partial charge on any atom is -0.464 e. The first kappa shape index (κ1) is 13.3. The van der Waals surface area contributed by atoms with Gasteiger partial charge in [0.15, 0.2) is 0 Å². The van der Waals surface area contributed by atoms with E-state index in [4.69, 9.17) is 4.74 Å². The molecule has 6 heteroatoms. The molecule has 1 saturated heterocycles. The first-order valence-electron chi connectivity index (χ1n) is 6.40. The van der Waals surface area contributed by atoms with Crippen molar-refractivity contribution in [1.82, 2.24) is 9.36 Å². The Hall–Kier alpha value is -1.17. The maximum Gasteiger partial charge on any atom is 0.328 e. The topological polar surface area (TPSA) is 55.3 Å². The van der Waals surface area contributed by atoms with Crippen LogP contribution >= 0.6 is 11.5 Å². The summed E-state index contributed by atoms with van der Waals surface area (Å²) in [4.78, 5) is 18.4. The van der Waals surface area contributed by atoms with Crippen LogP contribution < -0.4 is 4.90 Å². The summed E-state index contributed by atoms with van der Waals surface area (Å²) < 4.78 is 9.44. The van der Waals surface area contributed by atoms with Gasteiger partial charge < -0.3 is 9.64 Å². The minimum absolute atomic E-state index is 0.142. The first-order chi connectivity index (χ1) is 8.63. The highest BCUT2D eigenvalue weighted by molar-refractivity contribution is 7.09. The fourth-order valence-electron chi connectivity index (χ4n) is 2.06. The first-order valence-corrected chi connectivity index (χ1v) is 7.17. The van der Waals surface area contributed by atoms with E-state index in [0.717, 1.165) is 30.3 Å². The summed E-state index contributed by atoms with van der Waals surface area (Å²) >= 11 is 1.37. The zero-order valence-electron chi connectivity index (χ0n) is 11.0. The molecule has 0 aliphatic carbocycles. The van der Waals surface area contributed by atoms with Gasteiger partial charge in [0.1, 0.15) is 11.9 Å². The lowest BCUT2D eigenvalue weighted by Crippen LogP contribution is -2.37. The Morgan fingerprint density at radius 2 is 2.39 bits per heavy atom. The zero-order valence-corrected chi connectivity index (χ0v) is 11.9. The van der Waals surface area contributed by atoms with Crippen molar-refractivity contribution in [3.8, 4) is 0 Å². The van der Waals surface area contributed by atoms with Crippen molar-refractivity contribution < 1.29 is 9.53 Å². The number of hydrogen-bond donors (Lipinski definition) is 0. The van der Waals surface area contributed by atoms with Gasteiger partial charge in [-0.15, -0.1) is 0 Å². The molecular weight excluding hydrogens is 250 g/mol. The van der Waals surface area contributed by atoms with E-state index in [0.29, 0.717) is 12.5 Å². The molecular formula is C12H19N3O2S. The second-order valence-corrected chi connectivity index (χ2v) is 5.42. The van der Waals surface area contributed by atoms with E-state index in [2.05, 4.69) is 23.2 Å². The fraction of sp³-hybridized carbons (Fsp3) is 0.750. The molecule has 100 valence electrons. The van der Waals surface area contributed by atoms with Crippen LogP contribution in [0.15, 0.2) is 0 Å². The van der Waals surface area contributed by atoms with Crippen molar-refractivity contribution in [3.63, 3.8) is 0 Å². The quantitative estimate of drug-likeness (QED) is 0.784. The van der Waals surface area contributed by atoms with E-state index >= 15 is 0 Å². The van der Waals surface area contributed by atoms with Crippen LogP contribution in [0.25, 0.3) is 0 Å². The summed E-state index contributed by atoms with van der Waals surface area (Å²) in [5, 5.41) is 0.842. The predicted molar refractivity (Wildman–Crippen MR) is 71.0 cm³/mol. The van der Waals surface area contributed by atoms with Crippen LogP contribution in [0, 0.1) is 0 Å². The highest BCUT2D eigenvalue weighted by Crippen LogP contribution is 2.29. The van der Waals surface area contributed by atoms with E-state index in [1.807, 2.05) is 11.8 Å². The fourth-order valence-corrected chi connectivity index (χ4v) is 2.94. The smallest absolute Gasteiger partial charge is 0.328 e. The molecule has 2 heterocycles. The molecule has 5 nitrogen and oxygen atoms in total. The molecule has 0 aromatic carbocycles. The number of ether oxygens (including phenoxy) is 1. The summed E-state index contributed by atoms with van der Waals surface area (Å²) in [6.07, 6.45) is 1.84. The van der Waals surface area contributed by atoms with E-state index in [1.54, 1.807) is 0 Å². The van der Waals surface area contributed by atoms with Gasteiger partial charge in [0.2, 0.25) is 5.13 Å². The van der Waals surface area contributed by atoms with E-state index in [-0.39, 0.29) is 12.0 Å². The highest BCUT2D eigenvalue weighted by atomic mass is 32.1. The summed E-state index contributed by atoms with van der Waals surface area (Å²) in [6.45, 7) is 7.25. The summed E-state index contributed by atoms with van der Waals surface area (Å²) in [5.41, 5.74) is 0. The number of esters is 1. The Morgan fingerprint density at radius 1 is 1.61 bits per heavy atom. The lowest BCUT2D eigenvalue weighted by atomic mass is 10.2. The standard InChI is InChI=1S/C12H19N3O2S/c1-4-17-11(16)9-6-5-7-15(9)12-13-10(8(2)3)14-18-12/h8-9H,4-7H2,1-3H3. The molecule has 1 aromatic heterocycles. The van der Waals surface area contributed by atoms with Crippen LogP contribution in [0.5, 0.6) is 0 Å². The third kappa shape index (κ3) is 2.63. The maximum absolute atomic E-state index is 11.9. The van der Waals surface area contributed by atoms with Gasteiger partial charge in [-0.3, -0.25) is 0 Å². The van der Waals surface area contributed by atoms with E-state index < -0.39 is 0 Å². The van der Waals surface area contributed by atoms with Gasteiger partial charge in [-0.05, 0) is 19.8 Å². The normalized spacial score (nSPS) is 19.6. The molecule has 1 fully saturated rings. The number of nitrogens with zero attached hydrogens (tertiary/aromatic N) is 3. The lowest BCUT2D eigenvalue weighted by molar-refractivity contribution is -0.144. The Morgan fingerprint density at radius 3 is 3.00 bits per heavy atom. The zero-order chi connectivity index (χ0) is 13.1. The van der Waals surface area contributed by atoms with Crippen molar-refractivity contribution in [3.05, 3.63) is 5.82 Å². The van der Waals surface area contributed by atoms with Crippen LogP contribution in [-0.4, -0.2) is 34.5 Å². The molecule has 1 aliphatic rings. The van der Waals surface area contributed by atoms with Gasteiger partial charge in [-0.2, -0.15) is 4.37 Å². The number of hydrogen-bond acceptors (Lipinski definition) is 6. The number of carbonyl (C=O) groups is 1. The van der Waals surface area contributed by atoms with Gasteiger partial charge in [-0.1, -0.05) is 13.8 Å². The molecule has 1 unspecified atom stereocenters. The monoisotopic (exact) mass is 269 g/mol. The van der Waals surface area contributed by atoms with Crippen LogP contribution in [0.2, 0.25) is 0 Å². The number of anilines is 1. The lowest BCUT2D eigenvalue weighted by Gasteiger charge is -2.21. The minimum atomic E-state index is -0.182. The molecule has 1 aliphatic heterocycles. The van der Waals surface area contributed by atoms with Gasteiger partial charge >= 0.3 is 5.97 Å². The van der Waals surface area contributed by atoms with E-state index in [1.165, 1.54) is 11.5 Å². The van der Waals surface area contributed by atoms with Crippen molar-refractivity contribution in [2.45, 2.75) is 45.6 Å². The number of carbonyl (C=O) groups excluding carboxylic acids is 1. The molecule has 0 radical (unpaired) electrons. The van der Waals surface area contributed by atoms with Gasteiger partial charge in [0.25, 0.3) is 0 Å². The Labute approximate surface area is 111 Å².